The lowest BCUT2D eigenvalue weighted by Crippen LogP contribution is -2.41. The van der Waals surface area contributed by atoms with Crippen molar-refractivity contribution in [3.63, 3.8) is 0 Å². The maximum Gasteiger partial charge on any atom is 0.176 e. The van der Waals surface area contributed by atoms with Gasteiger partial charge in [0.05, 0.1) is 13.7 Å². The zero-order valence-electron chi connectivity index (χ0n) is 12.9. The first-order valence-electron chi connectivity index (χ1n) is 8.10. The summed E-state index contributed by atoms with van der Waals surface area (Å²) in [5.41, 5.74) is 1.38. The summed E-state index contributed by atoms with van der Waals surface area (Å²) in [6.07, 6.45) is 8.18. The molecule has 1 aromatic carbocycles. The summed E-state index contributed by atoms with van der Waals surface area (Å²) >= 11 is 0. The van der Waals surface area contributed by atoms with E-state index >= 15 is 0 Å². The predicted octanol–water partition coefficient (Wildman–Crippen LogP) is 3.53. The third-order valence-corrected chi connectivity index (χ3v) is 5.34. The van der Waals surface area contributed by atoms with Crippen molar-refractivity contribution in [1.29, 1.82) is 0 Å². The third kappa shape index (κ3) is 3.29. The van der Waals surface area contributed by atoms with E-state index in [1.54, 1.807) is 7.11 Å². The molecule has 0 unspecified atom stereocenters. The maximum atomic E-state index is 12.4. The number of ether oxygens (including phenoxy) is 1. The molecule has 0 atom stereocenters. The number of benzene rings is 1. The van der Waals surface area contributed by atoms with E-state index in [1.807, 2.05) is 24.3 Å². The van der Waals surface area contributed by atoms with Crippen LogP contribution >= 0.6 is 0 Å². The van der Waals surface area contributed by atoms with Crippen LogP contribution in [-0.2, 0) is 0 Å². The van der Waals surface area contributed by atoms with Crippen molar-refractivity contribution in [3.05, 3.63) is 29.8 Å². The van der Waals surface area contributed by atoms with Gasteiger partial charge in [0.2, 0.25) is 0 Å². The lowest BCUT2D eigenvalue weighted by Gasteiger charge is -2.39. The van der Waals surface area contributed by atoms with Crippen LogP contribution in [0.4, 0.5) is 0 Å². The Kier molecular flexibility index (Phi) is 4.29. The lowest BCUT2D eigenvalue weighted by atomic mass is 9.77. The normalized spacial score (nSPS) is 21.6. The van der Waals surface area contributed by atoms with Gasteiger partial charge in [-0.25, -0.2) is 0 Å². The van der Waals surface area contributed by atoms with Gasteiger partial charge in [0, 0.05) is 5.56 Å². The number of rotatable bonds is 4. The smallest absolute Gasteiger partial charge is 0.176 e. The molecular weight excluding hydrogens is 262 g/mol. The van der Waals surface area contributed by atoms with E-state index in [2.05, 4.69) is 4.90 Å². The Morgan fingerprint density at radius 1 is 1.19 bits per heavy atom. The molecule has 0 N–H and O–H groups in total. The van der Waals surface area contributed by atoms with E-state index in [-0.39, 0.29) is 5.78 Å². The highest BCUT2D eigenvalue weighted by atomic mass is 16.5. The average molecular weight is 287 g/mol. The van der Waals surface area contributed by atoms with Crippen LogP contribution in [0.15, 0.2) is 24.3 Å². The van der Waals surface area contributed by atoms with Gasteiger partial charge in [-0.2, -0.15) is 0 Å². The van der Waals surface area contributed by atoms with Crippen molar-refractivity contribution < 1.29 is 9.53 Å². The molecular formula is C18H25NO2. The van der Waals surface area contributed by atoms with Gasteiger partial charge in [-0.3, -0.25) is 9.69 Å². The molecule has 3 rings (SSSR count). The maximum absolute atomic E-state index is 12.4. The van der Waals surface area contributed by atoms with Crippen molar-refractivity contribution in [2.24, 2.45) is 5.41 Å². The van der Waals surface area contributed by atoms with Gasteiger partial charge in [-0.15, -0.1) is 0 Å². The Hall–Kier alpha value is -1.35. The molecule has 1 heterocycles. The Bertz CT molecular complexity index is 496. The molecule has 1 spiro atoms. The highest BCUT2D eigenvalue weighted by molar-refractivity contribution is 5.97. The van der Waals surface area contributed by atoms with E-state index in [0.29, 0.717) is 12.0 Å². The number of Topliss-reactive ketones (excluding diaryl/α,β-unsaturated/α-hetero) is 1. The van der Waals surface area contributed by atoms with Gasteiger partial charge in [0.25, 0.3) is 0 Å². The van der Waals surface area contributed by atoms with Gasteiger partial charge in [0.15, 0.2) is 5.78 Å². The van der Waals surface area contributed by atoms with E-state index in [4.69, 9.17) is 4.74 Å². The first kappa shape index (κ1) is 14.6. The van der Waals surface area contributed by atoms with Crippen molar-refractivity contribution in [2.75, 3.05) is 26.7 Å². The van der Waals surface area contributed by atoms with Crippen molar-refractivity contribution >= 4 is 5.78 Å². The van der Waals surface area contributed by atoms with Gasteiger partial charge in [0.1, 0.15) is 5.75 Å². The highest BCUT2D eigenvalue weighted by Crippen LogP contribution is 2.46. The first-order chi connectivity index (χ1) is 10.2. The second kappa shape index (κ2) is 6.18. The number of carbonyl (C=O) groups is 1. The highest BCUT2D eigenvalue weighted by Gasteiger charge is 2.37. The van der Waals surface area contributed by atoms with Crippen molar-refractivity contribution in [1.82, 2.24) is 4.90 Å². The van der Waals surface area contributed by atoms with E-state index in [0.717, 1.165) is 24.4 Å². The van der Waals surface area contributed by atoms with Crippen LogP contribution in [0.5, 0.6) is 5.75 Å². The molecule has 1 saturated carbocycles. The minimum absolute atomic E-state index is 0.205. The van der Waals surface area contributed by atoms with Crippen LogP contribution in [0.25, 0.3) is 0 Å². The van der Waals surface area contributed by atoms with Crippen LogP contribution in [0.1, 0.15) is 48.9 Å². The average Bonchev–Trinajstić information content (AvgIpc) is 2.98. The molecule has 1 aliphatic carbocycles. The fraction of sp³-hybridized carbons (Fsp3) is 0.611. The van der Waals surface area contributed by atoms with Crippen LogP contribution in [0.2, 0.25) is 0 Å². The number of nitrogens with zero attached hydrogens (tertiary/aromatic N) is 1. The summed E-state index contributed by atoms with van der Waals surface area (Å²) in [6.45, 7) is 2.70. The molecule has 1 aromatic rings. The van der Waals surface area contributed by atoms with Crippen molar-refractivity contribution in [3.8, 4) is 5.75 Å². The number of likely N-dealkylation sites (tertiary alicyclic amines) is 1. The molecule has 2 aliphatic rings. The fourth-order valence-corrected chi connectivity index (χ4v) is 3.90. The molecule has 2 fully saturated rings. The van der Waals surface area contributed by atoms with E-state index in [9.17, 15) is 4.79 Å². The molecule has 0 aromatic heterocycles. The Morgan fingerprint density at radius 3 is 2.57 bits per heavy atom. The summed E-state index contributed by atoms with van der Waals surface area (Å²) in [5.74, 6) is 0.959. The summed E-state index contributed by atoms with van der Waals surface area (Å²) in [7, 11) is 1.63. The van der Waals surface area contributed by atoms with Gasteiger partial charge in [-0.05, 0) is 56.3 Å². The number of hydrogen-bond donors (Lipinski definition) is 0. The molecule has 3 nitrogen and oxygen atoms in total. The fourth-order valence-electron chi connectivity index (χ4n) is 3.90. The zero-order chi connectivity index (χ0) is 14.7. The zero-order valence-corrected chi connectivity index (χ0v) is 12.9. The second-order valence-corrected chi connectivity index (χ2v) is 6.64. The first-order valence-corrected chi connectivity index (χ1v) is 8.10. The van der Waals surface area contributed by atoms with Crippen LogP contribution in [0, 0.1) is 5.41 Å². The molecule has 21 heavy (non-hydrogen) atoms. The Labute approximate surface area is 127 Å². The Morgan fingerprint density at radius 2 is 1.90 bits per heavy atom. The second-order valence-electron chi connectivity index (χ2n) is 6.64. The molecule has 0 bridgehead atoms. The molecule has 3 heteroatoms. The van der Waals surface area contributed by atoms with Crippen molar-refractivity contribution in [2.45, 2.75) is 38.5 Å². The number of carbonyl (C=O) groups excluding carboxylic acids is 1. The summed E-state index contributed by atoms with van der Waals surface area (Å²) in [6, 6.07) is 7.48. The SMILES string of the molecule is COc1cccc(C(=O)CN2CCC3(CCCC3)CC2)c1. The monoisotopic (exact) mass is 287 g/mol. The van der Waals surface area contributed by atoms with Crippen LogP contribution in [0.3, 0.4) is 0 Å². The number of ketones is 1. The van der Waals surface area contributed by atoms with Crippen LogP contribution < -0.4 is 4.74 Å². The van der Waals surface area contributed by atoms with Gasteiger partial charge >= 0.3 is 0 Å². The quantitative estimate of drug-likeness (QED) is 0.793. The van der Waals surface area contributed by atoms with Gasteiger partial charge < -0.3 is 4.74 Å². The minimum atomic E-state index is 0.205. The molecule has 1 saturated heterocycles. The summed E-state index contributed by atoms with van der Waals surface area (Å²) < 4.78 is 5.19. The summed E-state index contributed by atoms with van der Waals surface area (Å²) in [4.78, 5) is 14.7. The number of methoxy groups -OCH3 is 1. The molecule has 114 valence electrons. The summed E-state index contributed by atoms with van der Waals surface area (Å²) in [5, 5.41) is 0. The molecule has 1 aliphatic heterocycles. The van der Waals surface area contributed by atoms with E-state index < -0.39 is 0 Å². The van der Waals surface area contributed by atoms with E-state index in [1.165, 1.54) is 38.5 Å². The lowest BCUT2D eigenvalue weighted by molar-refractivity contribution is 0.0797. The predicted molar refractivity (Wildman–Crippen MR) is 83.9 cm³/mol. The minimum Gasteiger partial charge on any atom is -0.497 e. The number of hydrogen-bond acceptors (Lipinski definition) is 3. The largest absolute Gasteiger partial charge is 0.497 e. The van der Waals surface area contributed by atoms with Crippen LogP contribution in [-0.4, -0.2) is 37.4 Å². The standard InChI is InChI=1S/C18H25NO2/c1-21-16-6-4-5-15(13-16)17(20)14-19-11-9-18(10-12-19)7-2-3-8-18/h4-6,13H,2-3,7-12,14H2,1H3. The van der Waals surface area contributed by atoms with Gasteiger partial charge in [-0.1, -0.05) is 25.0 Å². The topological polar surface area (TPSA) is 29.5 Å². The third-order valence-electron chi connectivity index (χ3n) is 5.34. The molecule has 0 radical (unpaired) electrons. The number of piperidine rings is 1. The molecule has 0 amide bonds. The Balaban J connectivity index is 1.56.